The van der Waals surface area contributed by atoms with E-state index in [0.717, 1.165) is 25.9 Å². The van der Waals surface area contributed by atoms with Gasteiger partial charge in [-0.3, -0.25) is 0 Å². The lowest BCUT2D eigenvalue weighted by Gasteiger charge is -2.36. The average molecular weight is 173 g/mol. The molecule has 0 atom stereocenters. The highest BCUT2D eigenvalue weighted by Gasteiger charge is 2.31. The van der Waals surface area contributed by atoms with Crippen LogP contribution in [-0.2, 0) is 0 Å². The molecule has 4 N–H and O–H groups in total. The molecule has 64 valence electrons. The van der Waals surface area contributed by atoms with Crippen LogP contribution in [0.1, 0.15) is 12.8 Å². The van der Waals surface area contributed by atoms with Crippen molar-refractivity contribution in [2.45, 2.75) is 18.4 Å². The molecule has 0 aromatic carbocycles. The van der Waals surface area contributed by atoms with Crippen LogP contribution in [0.15, 0.2) is 0 Å². The second-order valence-electron chi connectivity index (χ2n) is 3.32. The second-order valence-corrected chi connectivity index (χ2v) is 3.76. The fourth-order valence-electron chi connectivity index (χ4n) is 1.26. The highest BCUT2D eigenvalue weighted by molar-refractivity contribution is 7.80. The van der Waals surface area contributed by atoms with Gasteiger partial charge in [0.15, 0.2) is 0 Å². The molecule has 3 nitrogen and oxygen atoms in total. The number of rotatable bonds is 1. The van der Waals surface area contributed by atoms with Crippen molar-refractivity contribution in [3.8, 4) is 0 Å². The summed E-state index contributed by atoms with van der Waals surface area (Å²) in [5.41, 5.74) is 11.1. The van der Waals surface area contributed by atoms with Gasteiger partial charge in [0.1, 0.15) is 0 Å². The topological polar surface area (TPSA) is 55.3 Å². The van der Waals surface area contributed by atoms with Gasteiger partial charge >= 0.3 is 0 Å². The van der Waals surface area contributed by atoms with Gasteiger partial charge in [-0.25, -0.2) is 0 Å². The van der Waals surface area contributed by atoms with Crippen molar-refractivity contribution < 1.29 is 0 Å². The molecule has 0 saturated carbocycles. The zero-order chi connectivity index (χ0) is 8.48. The Labute approximate surface area is 72.7 Å². The standard InChI is InChI=1S/C7H15N3S/c1-10-4-2-7(9,3-5-10)6(8)11/h2-5,9H2,1H3,(H2,8,11). The van der Waals surface area contributed by atoms with Gasteiger partial charge in [-0.05, 0) is 33.0 Å². The molecule has 0 aromatic rings. The van der Waals surface area contributed by atoms with Crippen LogP contribution in [0.5, 0.6) is 0 Å². The van der Waals surface area contributed by atoms with Crippen LogP contribution in [0.3, 0.4) is 0 Å². The Hall–Kier alpha value is -0.190. The lowest BCUT2D eigenvalue weighted by atomic mass is 9.89. The van der Waals surface area contributed by atoms with Gasteiger partial charge in [0.2, 0.25) is 0 Å². The predicted molar refractivity (Wildman–Crippen MR) is 50.4 cm³/mol. The number of nitrogens with two attached hydrogens (primary N) is 2. The van der Waals surface area contributed by atoms with Crippen LogP contribution in [0.2, 0.25) is 0 Å². The van der Waals surface area contributed by atoms with E-state index < -0.39 is 0 Å². The lowest BCUT2D eigenvalue weighted by molar-refractivity contribution is 0.231. The maximum Gasteiger partial charge on any atom is 0.0930 e. The Morgan fingerprint density at radius 1 is 1.45 bits per heavy atom. The monoisotopic (exact) mass is 173 g/mol. The van der Waals surface area contributed by atoms with Gasteiger partial charge in [0.25, 0.3) is 0 Å². The number of likely N-dealkylation sites (tertiary alicyclic amines) is 1. The highest BCUT2D eigenvalue weighted by atomic mass is 32.1. The molecule has 1 rings (SSSR count). The van der Waals surface area contributed by atoms with Crippen molar-refractivity contribution >= 4 is 17.2 Å². The third-order valence-corrected chi connectivity index (χ3v) is 2.78. The van der Waals surface area contributed by atoms with E-state index in [2.05, 4.69) is 11.9 Å². The first-order valence-corrected chi connectivity index (χ1v) is 4.23. The zero-order valence-corrected chi connectivity index (χ0v) is 7.66. The third-order valence-electron chi connectivity index (χ3n) is 2.37. The summed E-state index contributed by atoms with van der Waals surface area (Å²) in [6, 6.07) is 0. The smallest absolute Gasteiger partial charge is 0.0930 e. The Morgan fingerprint density at radius 2 is 1.91 bits per heavy atom. The molecule has 4 heteroatoms. The second kappa shape index (κ2) is 3.05. The molecule has 1 saturated heterocycles. The molecule has 1 aliphatic rings. The molecule has 0 amide bonds. The van der Waals surface area contributed by atoms with Gasteiger partial charge in [0, 0.05) is 0 Å². The van der Waals surface area contributed by atoms with E-state index in [9.17, 15) is 0 Å². The van der Waals surface area contributed by atoms with Crippen LogP contribution in [-0.4, -0.2) is 35.6 Å². The van der Waals surface area contributed by atoms with E-state index in [1.54, 1.807) is 0 Å². The molecule has 0 unspecified atom stereocenters. The minimum absolute atomic E-state index is 0.373. The number of hydrogen-bond acceptors (Lipinski definition) is 3. The third kappa shape index (κ3) is 1.89. The summed E-state index contributed by atoms with van der Waals surface area (Å²) in [6.45, 7) is 1.99. The van der Waals surface area contributed by atoms with Crippen molar-refractivity contribution in [1.82, 2.24) is 4.90 Å². The minimum Gasteiger partial charge on any atom is -0.392 e. The maximum atomic E-state index is 5.97. The van der Waals surface area contributed by atoms with E-state index in [-0.39, 0.29) is 5.54 Å². The van der Waals surface area contributed by atoms with E-state index in [1.165, 1.54) is 0 Å². The predicted octanol–water partition coefficient (Wildman–Crippen LogP) is -0.304. The number of thiocarbonyl (C=S) groups is 1. The molecule has 1 heterocycles. The highest BCUT2D eigenvalue weighted by Crippen LogP contribution is 2.18. The Bertz CT molecular complexity index is 161. The SMILES string of the molecule is CN1CCC(N)(C(N)=S)CC1. The van der Waals surface area contributed by atoms with Crippen molar-refractivity contribution in [1.29, 1.82) is 0 Å². The van der Waals surface area contributed by atoms with Gasteiger partial charge in [-0.2, -0.15) is 0 Å². The number of piperidine rings is 1. The van der Waals surface area contributed by atoms with Crippen molar-refractivity contribution in [3.05, 3.63) is 0 Å². The Morgan fingerprint density at radius 3 is 2.27 bits per heavy atom. The fraction of sp³-hybridized carbons (Fsp3) is 0.857. The number of hydrogen-bond donors (Lipinski definition) is 2. The van der Waals surface area contributed by atoms with Crippen molar-refractivity contribution in [2.75, 3.05) is 20.1 Å². The lowest BCUT2D eigenvalue weighted by Crippen LogP contribution is -2.56. The Balaban J connectivity index is 2.55. The average Bonchev–Trinajstić information content (AvgIpc) is 1.95. The van der Waals surface area contributed by atoms with Crippen LogP contribution in [0.4, 0.5) is 0 Å². The van der Waals surface area contributed by atoms with Gasteiger partial charge in [0.05, 0.1) is 10.5 Å². The van der Waals surface area contributed by atoms with E-state index in [4.69, 9.17) is 23.7 Å². The maximum absolute atomic E-state index is 5.97. The minimum atomic E-state index is -0.373. The van der Waals surface area contributed by atoms with E-state index in [0.29, 0.717) is 4.99 Å². The summed E-state index contributed by atoms with van der Waals surface area (Å²) in [5, 5.41) is 0. The fourth-order valence-corrected chi connectivity index (χ4v) is 1.47. The number of nitrogens with zero attached hydrogens (tertiary/aromatic N) is 1. The largest absolute Gasteiger partial charge is 0.392 e. The summed E-state index contributed by atoms with van der Waals surface area (Å²) in [5.74, 6) is 0. The van der Waals surface area contributed by atoms with Crippen LogP contribution < -0.4 is 11.5 Å². The summed E-state index contributed by atoms with van der Waals surface area (Å²) in [7, 11) is 2.08. The van der Waals surface area contributed by atoms with Gasteiger partial charge in [-0.1, -0.05) is 12.2 Å². The summed E-state index contributed by atoms with van der Waals surface area (Å²) >= 11 is 4.90. The molecular formula is C7H15N3S. The summed E-state index contributed by atoms with van der Waals surface area (Å²) in [6.07, 6.45) is 1.78. The molecular weight excluding hydrogens is 158 g/mol. The van der Waals surface area contributed by atoms with E-state index >= 15 is 0 Å². The molecule has 1 aliphatic heterocycles. The van der Waals surface area contributed by atoms with Crippen molar-refractivity contribution in [2.24, 2.45) is 11.5 Å². The molecule has 0 aromatic heterocycles. The van der Waals surface area contributed by atoms with Crippen LogP contribution in [0, 0.1) is 0 Å². The van der Waals surface area contributed by atoms with Gasteiger partial charge in [-0.15, -0.1) is 0 Å². The summed E-state index contributed by atoms with van der Waals surface area (Å²) < 4.78 is 0. The normalized spacial score (nSPS) is 24.9. The van der Waals surface area contributed by atoms with E-state index in [1.807, 2.05) is 0 Å². The zero-order valence-electron chi connectivity index (χ0n) is 6.84. The molecule has 0 radical (unpaired) electrons. The first-order chi connectivity index (χ1) is 5.04. The summed E-state index contributed by atoms with van der Waals surface area (Å²) in [4.78, 5) is 2.70. The first-order valence-electron chi connectivity index (χ1n) is 3.82. The molecule has 0 bridgehead atoms. The Kier molecular flexibility index (Phi) is 2.47. The van der Waals surface area contributed by atoms with Crippen molar-refractivity contribution in [3.63, 3.8) is 0 Å². The molecule has 1 fully saturated rings. The molecule has 0 aliphatic carbocycles. The van der Waals surface area contributed by atoms with Crippen LogP contribution in [0.25, 0.3) is 0 Å². The first kappa shape index (κ1) is 8.90. The molecule has 11 heavy (non-hydrogen) atoms. The molecule has 0 spiro atoms. The van der Waals surface area contributed by atoms with Crippen LogP contribution >= 0.6 is 12.2 Å². The quantitative estimate of drug-likeness (QED) is 0.534. The van der Waals surface area contributed by atoms with Gasteiger partial charge < -0.3 is 16.4 Å².